The number of epoxide rings is 1. The second kappa shape index (κ2) is 6.19. The highest BCUT2D eigenvalue weighted by Crippen LogP contribution is 2.55. The average molecular weight is 310 g/mol. The van der Waals surface area contributed by atoms with Crippen LogP contribution in [-0.4, -0.2) is 10.3 Å². The van der Waals surface area contributed by atoms with Crippen LogP contribution >= 0.6 is 24.4 Å². The molecule has 3 rings (SSSR count). The predicted molar refractivity (Wildman–Crippen MR) is 88.8 cm³/mol. The van der Waals surface area contributed by atoms with Gasteiger partial charge in [-0.3, -0.25) is 0 Å². The number of ether oxygens (including phenoxy) is 1. The molecule has 1 aliphatic rings. The van der Waals surface area contributed by atoms with Gasteiger partial charge in [0.05, 0.1) is 21.7 Å². The monoisotopic (exact) mass is 310 g/mol. The predicted octanol–water partition coefficient (Wildman–Crippen LogP) is 4.97. The van der Waals surface area contributed by atoms with Crippen molar-refractivity contribution in [3.8, 4) is 0 Å². The van der Waals surface area contributed by atoms with Gasteiger partial charge in [-0.05, 0) is 36.6 Å². The van der Waals surface area contributed by atoms with Crippen LogP contribution < -0.4 is 0 Å². The zero-order valence-corrected chi connectivity index (χ0v) is 12.5. The third-order valence-corrected chi connectivity index (χ3v) is 3.49. The van der Waals surface area contributed by atoms with Crippen LogP contribution in [0.2, 0.25) is 0 Å². The Bertz CT molecular complexity index is 712. The second-order valence-electron chi connectivity index (χ2n) is 4.50. The molecule has 102 valence electrons. The van der Waals surface area contributed by atoms with Gasteiger partial charge in [0.25, 0.3) is 0 Å². The van der Waals surface area contributed by atoms with Crippen LogP contribution in [0.1, 0.15) is 23.3 Å². The number of isothiocyanates is 2. The number of benzene rings is 2. The molecule has 1 heterocycles. The van der Waals surface area contributed by atoms with Crippen molar-refractivity contribution in [1.29, 1.82) is 0 Å². The minimum absolute atomic E-state index is 0.0465. The molecule has 0 N–H and O–H groups in total. The maximum Gasteiger partial charge on any atom is 0.116 e. The summed E-state index contributed by atoms with van der Waals surface area (Å²) in [6, 6.07) is 15.5. The first-order valence-electron chi connectivity index (χ1n) is 6.34. The van der Waals surface area contributed by atoms with E-state index in [1.807, 2.05) is 48.5 Å². The van der Waals surface area contributed by atoms with E-state index in [-0.39, 0.29) is 12.2 Å². The normalized spacial score (nSPS) is 19.2. The third-order valence-electron chi connectivity index (χ3n) is 3.31. The molecule has 0 unspecified atom stereocenters. The van der Waals surface area contributed by atoms with Crippen LogP contribution in [0.25, 0.3) is 0 Å². The van der Waals surface area contributed by atoms with Gasteiger partial charge in [-0.25, -0.2) is 0 Å². The van der Waals surface area contributed by atoms with Crippen LogP contribution in [0.5, 0.6) is 0 Å². The van der Waals surface area contributed by atoms with Gasteiger partial charge in [-0.1, -0.05) is 36.4 Å². The summed E-state index contributed by atoms with van der Waals surface area (Å²) in [4.78, 5) is 8.17. The molecular formula is C16H10N2OS2. The zero-order valence-electron chi connectivity index (χ0n) is 10.9. The molecule has 0 radical (unpaired) electrons. The molecule has 1 fully saturated rings. The Hall–Kier alpha value is -2.00. The molecule has 2 aromatic carbocycles. The fourth-order valence-electron chi connectivity index (χ4n) is 2.34. The molecular weight excluding hydrogens is 300 g/mol. The second-order valence-corrected chi connectivity index (χ2v) is 4.87. The van der Waals surface area contributed by atoms with Gasteiger partial charge in [0.2, 0.25) is 0 Å². The maximum absolute atomic E-state index is 5.82. The van der Waals surface area contributed by atoms with Gasteiger partial charge in [-0.2, -0.15) is 9.98 Å². The smallest absolute Gasteiger partial charge is 0.116 e. The van der Waals surface area contributed by atoms with Crippen LogP contribution in [0.15, 0.2) is 58.5 Å². The van der Waals surface area contributed by atoms with E-state index in [2.05, 4.69) is 44.7 Å². The number of aliphatic imine (C=N–C) groups is 2. The first-order valence-corrected chi connectivity index (χ1v) is 7.16. The summed E-state index contributed by atoms with van der Waals surface area (Å²) >= 11 is 9.37. The standard InChI is InChI=1S/C16H10N2OS2/c20-9-17-13-7-3-1-5-11(13)15-16(19-15)12-6-2-4-8-14(12)18-10-21/h1-8,15-16H/t15-,16-/m1/s1. The lowest BCUT2D eigenvalue weighted by molar-refractivity contribution is 0.378. The highest BCUT2D eigenvalue weighted by Gasteiger charge is 2.43. The maximum atomic E-state index is 5.82. The summed E-state index contributed by atoms with van der Waals surface area (Å²) in [6.07, 6.45) is -0.0930. The molecule has 0 saturated carbocycles. The van der Waals surface area contributed by atoms with Gasteiger partial charge in [0.15, 0.2) is 0 Å². The van der Waals surface area contributed by atoms with E-state index in [0.717, 1.165) is 22.5 Å². The first kappa shape index (κ1) is 14.0. The largest absolute Gasteiger partial charge is 0.359 e. The summed E-state index contributed by atoms with van der Waals surface area (Å²) in [5.74, 6) is 0. The van der Waals surface area contributed by atoms with Gasteiger partial charge in [0, 0.05) is 11.1 Å². The van der Waals surface area contributed by atoms with Gasteiger partial charge < -0.3 is 4.74 Å². The van der Waals surface area contributed by atoms with Crippen molar-refractivity contribution in [2.24, 2.45) is 9.98 Å². The Morgan fingerprint density at radius 3 is 1.62 bits per heavy atom. The average Bonchev–Trinajstić information content (AvgIpc) is 3.29. The van der Waals surface area contributed by atoms with Crippen molar-refractivity contribution < 1.29 is 4.74 Å². The van der Waals surface area contributed by atoms with Gasteiger partial charge in [-0.15, -0.1) is 0 Å². The van der Waals surface area contributed by atoms with E-state index >= 15 is 0 Å². The number of thiocarbonyl (C=S) groups is 2. The van der Waals surface area contributed by atoms with Crippen molar-refractivity contribution in [3.05, 3.63) is 59.7 Å². The van der Waals surface area contributed by atoms with E-state index < -0.39 is 0 Å². The molecule has 1 aliphatic heterocycles. The molecule has 5 heteroatoms. The number of para-hydroxylation sites is 2. The minimum atomic E-state index is -0.0465. The molecule has 0 aromatic heterocycles. The molecule has 2 atom stereocenters. The van der Waals surface area contributed by atoms with E-state index in [1.54, 1.807) is 0 Å². The lowest BCUT2D eigenvalue weighted by atomic mass is 10.0. The highest BCUT2D eigenvalue weighted by molar-refractivity contribution is 7.78. The molecule has 2 aromatic rings. The summed E-state index contributed by atoms with van der Waals surface area (Å²) in [6.45, 7) is 0. The number of hydrogen-bond acceptors (Lipinski definition) is 5. The Morgan fingerprint density at radius 2 is 1.19 bits per heavy atom. The first-order chi connectivity index (χ1) is 10.3. The lowest BCUT2D eigenvalue weighted by Gasteiger charge is -2.02. The SMILES string of the molecule is S=C=Nc1ccccc1[C@H]1O[C@@H]1c1ccccc1N=C=S. The molecule has 0 amide bonds. The Kier molecular flexibility index (Phi) is 4.11. The summed E-state index contributed by atoms with van der Waals surface area (Å²) in [5, 5.41) is 4.81. The Labute approximate surface area is 133 Å². The molecule has 1 saturated heterocycles. The summed E-state index contributed by atoms with van der Waals surface area (Å²) < 4.78 is 5.82. The number of nitrogens with zero attached hydrogens (tertiary/aromatic N) is 2. The fourth-order valence-corrected chi connectivity index (χ4v) is 2.54. The van der Waals surface area contributed by atoms with Crippen LogP contribution in [0, 0.1) is 0 Å². The summed E-state index contributed by atoms with van der Waals surface area (Å²) in [5.41, 5.74) is 3.58. The Morgan fingerprint density at radius 1 is 0.762 bits per heavy atom. The molecule has 0 bridgehead atoms. The van der Waals surface area contributed by atoms with E-state index in [4.69, 9.17) is 4.74 Å². The van der Waals surface area contributed by atoms with Crippen molar-refractivity contribution in [3.63, 3.8) is 0 Å². The zero-order chi connectivity index (χ0) is 14.7. The van der Waals surface area contributed by atoms with Crippen molar-refractivity contribution in [1.82, 2.24) is 0 Å². The van der Waals surface area contributed by atoms with E-state index in [0.29, 0.717) is 0 Å². The molecule has 0 aliphatic carbocycles. The molecule has 21 heavy (non-hydrogen) atoms. The number of hydrogen-bond donors (Lipinski definition) is 0. The van der Waals surface area contributed by atoms with Crippen LogP contribution in [0.4, 0.5) is 11.4 Å². The molecule has 3 nitrogen and oxygen atoms in total. The molecule has 0 spiro atoms. The van der Waals surface area contributed by atoms with E-state index in [9.17, 15) is 0 Å². The summed E-state index contributed by atoms with van der Waals surface area (Å²) in [7, 11) is 0. The van der Waals surface area contributed by atoms with Crippen molar-refractivity contribution in [2.45, 2.75) is 12.2 Å². The van der Waals surface area contributed by atoms with Gasteiger partial charge >= 0.3 is 0 Å². The van der Waals surface area contributed by atoms with Crippen molar-refractivity contribution >= 4 is 46.1 Å². The third kappa shape index (κ3) is 2.88. The van der Waals surface area contributed by atoms with Crippen molar-refractivity contribution in [2.75, 3.05) is 0 Å². The van der Waals surface area contributed by atoms with E-state index in [1.165, 1.54) is 0 Å². The Balaban J connectivity index is 1.94. The lowest BCUT2D eigenvalue weighted by Crippen LogP contribution is -1.86. The van der Waals surface area contributed by atoms with Crippen LogP contribution in [0.3, 0.4) is 0 Å². The quantitative estimate of drug-likeness (QED) is 0.454. The van der Waals surface area contributed by atoms with Crippen LogP contribution in [-0.2, 0) is 4.74 Å². The fraction of sp³-hybridized carbons (Fsp3) is 0.125. The minimum Gasteiger partial charge on any atom is -0.359 e. The topological polar surface area (TPSA) is 37.2 Å². The van der Waals surface area contributed by atoms with Gasteiger partial charge in [0.1, 0.15) is 12.2 Å². The highest BCUT2D eigenvalue weighted by atomic mass is 32.1. The number of rotatable bonds is 4.